The molecular weight excluding hydrogens is 300 g/mol. The first kappa shape index (κ1) is 16.1. The average molecular weight is 319 g/mol. The van der Waals surface area contributed by atoms with E-state index in [1.54, 1.807) is 0 Å². The average Bonchev–Trinajstić information content (AvgIpc) is 2.43. The fourth-order valence-electron chi connectivity index (χ4n) is 2.40. The Hall–Kier alpha value is -1.25. The Kier molecular flexibility index (Phi) is 4.80. The number of sulfonamides is 1. The van der Waals surface area contributed by atoms with Gasteiger partial charge in [-0.15, -0.1) is 0 Å². The molecule has 0 aliphatic carbocycles. The van der Waals surface area contributed by atoms with Crippen LogP contribution in [0.5, 0.6) is 0 Å². The molecule has 1 aliphatic rings. The number of nitrogens with zero attached hydrogens (tertiary/aromatic N) is 1. The van der Waals surface area contributed by atoms with Gasteiger partial charge in [0.25, 0.3) is 0 Å². The maximum Gasteiger partial charge on any atom is 0.243 e. The van der Waals surface area contributed by atoms with Gasteiger partial charge in [0.2, 0.25) is 10.0 Å². The largest absolute Gasteiger partial charge is 0.396 e. The van der Waals surface area contributed by atoms with E-state index in [2.05, 4.69) is 9.62 Å². The van der Waals surface area contributed by atoms with Crippen molar-refractivity contribution in [3.8, 4) is 0 Å². The summed E-state index contributed by atoms with van der Waals surface area (Å²) in [5.41, 5.74) is 4.92. The van der Waals surface area contributed by atoms with Crippen molar-refractivity contribution in [1.82, 2.24) is 9.62 Å². The molecule has 0 aromatic heterocycles. The third-order valence-corrected chi connectivity index (χ3v) is 5.23. The Morgan fingerprint density at radius 3 is 2.48 bits per heavy atom. The number of likely N-dealkylation sites (tertiary alicyclic amines) is 1. The van der Waals surface area contributed by atoms with Gasteiger partial charge in [-0.25, -0.2) is 21.9 Å². The molecule has 1 saturated heterocycles. The standard InChI is InChI=1S/C13H19F2N3O2S/c1-2-18-5-3-9(4-6-18)17-21(19,20)13-8-12(16)10(14)7-11(13)15/h7-9,17H,2-6,16H2,1H3. The van der Waals surface area contributed by atoms with Crippen molar-refractivity contribution < 1.29 is 17.2 Å². The lowest BCUT2D eigenvalue weighted by Crippen LogP contribution is -2.44. The molecule has 0 unspecified atom stereocenters. The van der Waals surface area contributed by atoms with E-state index >= 15 is 0 Å². The van der Waals surface area contributed by atoms with Crippen molar-refractivity contribution >= 4 is 15.7 Å². The maximum absolute atomic E-state index is 13.7. The Balaban J connectivity index is 2.14. The monoisotopic (exact) mass is 319 g/mol. The molecule has 1 heterocycles. The zero-order valence-corrected chi connectivity index (χ0v) is 12.6. The van der Waals surface area contributed by atoms with Crippen LogP contribution in [0.25, 0.3) is 0 Å². The number of hydrogen-bond acceptors (Lipinski definition) is 4. The van der Waals surface area contributed by atoms with Crippen LogP contribution in [-0.2, 0) is 10.0 Å². The molecule has 0 atom stereocenters. The fraction of sp³-hybridized carbons (Fsp3) is 0.538. The van der Waals surface area contributed by atoms with E-state index in [9.17, 15) is 17.2 Å². The number of rotatable bonds is 4. The second-order valence-electron chi connectivity index (χ2n) is 5.13. The number of anilines is 1. The van der Waals surface area contributed by atoms with Crippen molar-refractivity contribution in [2.75, 3.05) is 25.4 Å². The molecule has 1 aromatic rings. The number of nitrogens with one attached hydrogen (secondary N) is 1. The van der Waals surface area contributed by atoms with Gasteiger partial charge >= 0.3 is 0 Å². The van der Waals surface area contributed by atoms with E-state index in [0.29, 0.717) is 18.9 Å². The number of halogens is 2. The Labute approximate surface area is 123 Å². The second-order valence-corrected chi connectivity index (χ2v) is 6.82. The highest BCUT2D eigenvalue weighted by Gasteiger charge is 2.27. The summed E-state index contributed by atoms with van der Waals surface area (Å²) in [5, 5.41) is 0. The van der Waals surface area contributed by atoms with E-state index in [-0.39, 0.29) is 6.04 Å². The summed E-state index contributed by atoms with van der Waals surface area (Å²) in [5.74, 6) is -2.11. The Morgan fingerprint density at radius 1 is 1.29 bits per heavy atom. The number of benzene rings is 1. The van der Waals surface area contributed by atoms with Crippen LogP contribution >= 0.6 is 0 Å². The first-order chi connectivity index (χ1) is 9.83. The second kappa shape index (κ2) is 6.25. The molecule has 21 heavy (non-hydrogen) atoms. The number of hydrogen-bond donors (Lipinski definition) is 2. The Morgan fingerprint density at radius 2 is 1.90 bits per heavy atom. The topological polar surface area (TPSA) is 75.4 Å². The van der Waals surface area contributed by atoms with E-state index in [1.165, 1.54) is 0 Å². The highest BCUT2D eigenvalue weighted by atomic mass is 32.2. The lowest BCUT2D eigenvalue weighted by atomic mass is 10.1. The first-order valence-electron chi connectivity index (χ1n) is 6.82. The molecule has 2 rings (SSSR count). The molecule has 0 radical (unpaired) electrons. The molecule has 0 bridgehead atoms. The number of nitrogen functional groups attached to an aromatic ring is 1. The van der Waals surface area contributed by atoms with Crippen LogP contribution < -0.4 is 10.5 Å². The van der Waals surface area contributed by atoms with Crippen molar-refractivity contribution in [3.05, 3.63) is 23.8 Å². The number of piperidine rings is 1. The van der Waals surface area contributed by atoms with Gasteiger partial charge in [-0.1, -0.05) is 6.92 Å². The normalized spacial score (nSPS) is 18.0. The van der Waals surface area contributed by atoms with E-state index in [4.69, 9.17) is 5.73 Å². The van der Waals surface area contributed by atoms with Crippen molar-refractivity contribution in [1.29, 1.82) is 0 Å². The molecule has 8 heteroatoms. The Bertz CT molecular complexity index is 614. The summed E-state index contributed by atoms with van der Waals surface area (Å²) in [4.78, 5) is 1.60. The SMILES string of the molecule is CCN1CCC(NS(=O)(=O)c2cc(N)c(F)cc2F)CC1. The van der Waals surface area contributed by atoms with Gasteiger partial charge < -0.3 is 10.6 Å². The highest BCUT2D eigenvalue weighted by Crippen LogP contribution is 2.22. The van der Waals surface area contributed by atoms with Gasteiger partial charge in [0, 0.05) is 12.1 Å². The van der Waals surface area contributed by atoms with Gasteiger partial charge in [-0.3, -0.25) is 0 Å². The van der Waals surface area contributed by atoms with E-state index in [1.807, 2.05) is 6.92 Å². The smallest absolute Gasteiger partial charge is 0.243 e. The highest BCUT2D eigenvalue weighted by molar-refractivity contribution is 7.89. The van der Waals surface area contributed by atoms with Crippen LogP contribution in [0, 0.1) is 11.6 Å². The summed E-state index contributed by atoms with van der Waals surface area (Å²) in [7, 11) is -4.04. The van der Waals surface area contributed by atoms with Crippen LogP contribution in [0.2, 0.25) is 0 Å². The van der Waals surface area contributed by atoms with Crippen molar-refractivity contribution in [2.45, 2.75) is 30.7 Å². The van der Waals surface area contributed by atoms with Crippen LogP contribution in [0.15, 0.2) is 17.0 Å². The third-order valence-electron chi connectivity index (χ3n) is 3.70. The fourth-order valence-corrected chi connectivity index (χ4v) is 3.80. The summed E-state index contributed by atoms with van der Waals surface area (Å²) < 4.78 is 53.6. The molecule has 5 nitrogen and oxygen atoms in total. The quantitative estimate of drug-likeness (QED) is 0.821. The zero-order chi connectivity index (χ0) is 15.6. The minimum atomic E-state index is -4.04. The van der Waals surface area contributed by atoms with Crippen LogP contribution in [0.1, 0.15) is 19.8 Å². The van der Waals surface area contributed by atoms with Gasteiger partial charge in [0.15, 0.2) is 0 Å². The first-order valence-corrected chi connectivity index (χ1v) is 8.31. The molecule has 0 amide bonds. The zero-order valence-electron chi connectivity index (χ0n) is 11.8. The molecule has 3 N–H and O–H groups in total. The molecule has 0 saturated carbocycles. The maximum atomic E-state index is 13.7. The lowest BCUT2D eigenvalue weighted by Gasteiger charge is -2.31. The van der Waals surface area contributed by atoms with Crippen LogP contribution in [-0.4, -0.2) is 39.0 Å². The van der Waals surface area contributed by atoms with Crippen molar-refractivity contribution in [2.24, 2.45) is 0 Å². The lowest BCUT2D eigenvalue weighted by molar-refractivity contribution is 0.217. The van der Waals surface area contributed by atoms with Gasteiger partial charge in [0.05, 0.1) is 5.69 Å². The molecule has 0 spiro atoms. The molecule has 1 fully saturated rings. The predicted octanol–water partition coefficient (Wildman–Crippen LogP) is 1.31. The molecule has 118 valence electrons. The van der Waals surface area contributed by atoms with Crippen LogP contribution in [0.4, 0.5) is 14.5 Å². The van der Waals surface area contributed by atoms with E-state index in [0.717, 1.165) is 25.7 Å². The van der Waals surface area contributed by atoms with Crippen molar-refractivity contribution in [3.63, 3.8) is 0 Å². The summed E-state index contributed by atoms with van der Waals surface area (Å²) >= 11 is 0. The van der Waals surface area contributed by atoms with Gasteiger partial charge in [-0.2, -0.15) is 0 Å². The minimum absolute atomic E-state index is 0.247. The van der Waals surface area contributed by atoms with Gasteiger partial charge in [0.1, 0.15) is 16.5 Å². The molecule has 1 aliphatic heterocycles. The minimum Gasteiger partial charge on any atom is -0.396 e. The molecule has 1 aromatic carbocycles. The predicted molar refractivity (Wildman–Crippen MR) is 76.2 cm³/mol. The van der Waals surface area contributed by atoms with Gasteiger partial charge in [-0.05, 0) is 38.5 Å². The summed E-state index contributed by atoms with van der Waals surface area (Å²) in [6.45, 7) is 4.54. The molecular formula is C13H19F2N3O2S. The summed E-state index contributed by atoms with van der Waals surface area (Å²) in [6.07, 6.45) is 1.32. The van der Waals surface area contributed by atoms with Crippen LogP contribution in [0.3, 0.4) is 0 Å². The third kappa shape index (κ3) is 3.69. The summed E-state index contributed by atoms with van der Waals surface area (Å²) in [6, 6.07) is 1.06. The number of nitrogens with two attached hydrogens (primary N) is 1. The van der Waals surface area contributed by atoms with E-state index < -0.39 is 32.2 Å².